The number of amides is 1. The second kappa shape index (κ2) is 7.75. The number of nitrogens with zero attached hydrogens (tertiary/aromatic N) is 4. The molecule has 28 heavy (non-hydrogen) atoms. The Hall–Kier alpha value is -3.29. The first-order valence-corrected chi connectivity index (χ1v) is 8.88. The van der Waals surface area contributed by atoms with Crippen molar-refractivity contribution in [2.45, 2.75) is 20.4 Å². The largest absolute Gasteiger partial charge is 0.497 e. The molecule has 8 heteroatoms. The monoisotopic (exact) mass is 383 g/mol. The highest BCUT2D eigenvalue weighted by Gasteiger charge is 2.20. The number of H-pyrrole nitrogens is 1. The Morgan fingerprint density at radius 1 is 1.21 bits per heavy atom. The van der Waals surface area contributed by atoms with Crippen LogP contribution in [0, 0.1) is 13.8 Å². The smallest absolute Gasteiger partial charge is 0.271 e. The van der Waals surface area contributed by atoms with Gasteiger partial charge >= 0.3 is 0 Å². The van der Waals surface area contributed by atoms with Crippen molar-refractivity contribution in [1.82, 2.24) is 24.9 Å². The number of benzene rings is 1. The van der Waals surface area contributed by atoms with E-state index in [-0.39, 0.29) is 5.91 Å². The van der Waals surface area contributed by atoms with E-state index in [2.05, 4.69) is 15.3 Å². The molecule has 2 aromatic heterocycles. The van der Waals surface area contributed by atoms with Gasteiger partial charge in [0, 0.05) is 43.5 Å². The standard InChI is InChI=1S/C20H25N5O3/c1-12-19(13(2)25(4)23-12)16-10-17(22-21-16)20(26)24(3)11-14-7-8-15(27-5)9-18(14)28-6/h7-10H,11H2,1-6H3,(H,21,22). The van der Waals surface area contributed by atoms with E-state index in [0.717, 1.165) is 22.5 Å². The summed E-state index contributed by atoms with van der Waals surface area (Å²) in [6.07, 6.45) is 0. The van der Waals surface area contributed by atoms with Crippen LogP contribution >= 0.6 is 0 Å². The molecule has 0 aliphatic carbocycles. The van der Waals surface area contributed by atoms with Gasteiger partial charge in [0.25, 0.3) is 5.91 Å². The number of carbonyl (C=O) groups is 1. The van der Waals surface area contributed by atoms with Crippen LogP contribution in [-0.4, -0.2) is 52.1 Å². The molecule has 1 aromatic carbocycles. The van der Waals surface area contributed by atoms with Gasteiger partial charge in [0.1, 0.15) is 17.2 Å². The van der Waals surface area contributed by atoms with Gasteiger partial charge < -0.3 is 14.4 Å². The van der Waals surface area contributed by atoms with E-state index >= 15 is 0 Å². The van der Waals surface area contributed by atoms with Gasteiger partial charge in [-0.05, 0) is 32.0 Å². The molecule has 3 aromatic rings. The van der Waals surface area contributed by atoms with Gasteiger partial charge in [-0.25, -0.2) is 0 Å². The number of aryl methyl sites for hydroxylation is 2. The Morgan fingerprint density at radius 2 is 1.96 bits per heavy atom. The lowest BCUT2D eigenvalue weighted by molar-refractivity contribution is 0.0778. The van der Waals surface area contributed by atoms with Gasteiger partial charge in [0.15, 0.2) is 0 Å². The summed E-state index contributed by atoms with van der Waals surface area (Å²) in [6, 6.07) is 7.30. The van der Waals surface area contributed by atoms with E-state index in [0.29, 0.717) is 29.4 Å². The van der Waals surface area contributed by atoms with Crippen molar-refractivity contribution < 1.29 is 14.3 Å². The van der Waals surface area contributed by atoms with Crippen molar-refractivity contribution in [2.75, 3.05) is 21.3 Å². The second-order valence-electron chi connectivity index (χ2n) is 6.68. The van der Waals surface area contributed by atoms with E-state index < -0.39 is 0 Å². The number of rotatable bonds is 6. The summed E-state index contributed by atoms with van der Waals surface area (Å²) in [7, 11) is 6.83. The zero-order valence-corrected chi connectivity index (χ0v) is 17.0. The van der Waals surface area contributed by atoms with Crippen molar-refractivity contribution in [3.05, 3.63) is 46.9 Å². The van der Waals surface area contributed by atoms with Gasteiger partial charge in [-0.15, -0.1) is 0 Å². The summed E-state index contributed by atoms with van der Waals surface area (Å²) in [4.78, 5) is 14.5. The van der Waals surface area contributed by atoms with Gasteiger partial charge in [-0.1, -0.05) is 0 Å². The zero-order chi connectivity index (χ0) is 20.4. The fraction of sp³-hybridized carbons (Fsp3) is 0.350. The maximum atomic E-state index is 12.9. The van der Waals surface area contributed by atoms with Gasteiger partial charge in [0.2, 0.25) is 0 Å². The van der Waals surface area contributed by atoms with Crippen LogP contribution in [0.2, 0.25) is 0 Å². The molecule has 0 fully saturated rings. The number of carbonyl (C=O) groups excluding carboxylic acids is 1. The van der Waals surface area contributed by atoms with Crippen LogP contribution in [0.1, 0.15) is 27.4 Å². The summed E-state index contributed by atoms with van der Waals surface area (Å²) in [5.74, 6) is 1.22. The van der Waals surface area contributed by atoms with Gasteiger partial charge in [-0.2, -0.15) is 10.2 Å². The van der Waals surface area contributed by atoms with Crippen molar-refractivity contribution >= 4 is 5.91 Å². The highest BCUT2D eigenvalue weighted by molar-refractivity contribution is 5.93. The van der Waals surface area contributed by atoms with Crippen LogP contribution in [0.25, 0.3) is 11.3 Å². The van der Waals surface area contributed by atoms with Crippen molar-refractivity contribution in [2.24, 2.45) is 7.05 Å². The molecule has 148 valence electrons. The number of ether oxygens (including phenoxy) is 2. The third-order valence-corrected chi connectivity index (χ3v) is 4.82. The molecule has 0 saturated heterocycles. The summed E-state index contributed by atoms with van der Waals surface area (Å²) < 4.78 is 12.4. The number of hydrogen-bond donors (Lipinski definition) is 1. The number of aromatic amines is 1. The Labute approximate surface area is 164 Å². The molecule has 1 amide bonds. The topological polar surface area (TPSA) is 85.3 Å². The maximum Gasteiger partial charge on any atom is 0.271 e. The molecular formula is C20H25N5O3. The molecule has 2 heterocycles. The van der Waals surface area contributed by atoms with Crippen LogP contribution < -0.4 is 9.47 Å². The normalized spacial score (nSPS) is 10.8. The second-order valence-corrected chi connectivity index (χ2v) is 6.68. The summed E-state index contributed by atoms with van der Waals surface area (Å²) >= 11 is 0. The lowest BCUT2D eigenvalue weighted by Crippen LogP contribution is -2.26. The molecule has 3 rings (SSSR count). The number of aromatic nitrogens is 4. The summed E-state index contributed by atoms with van der Waals surface area (Å²) in [5, 5.41) is 11.6. The first kappa shape index (κ1) is 19.5. The Morgan fingerprint density at radius 3 is 2.57 bits per heavy atom. The third kappa shape index (κ3) is 3.58. The summed E-state index contributed by atoms with van der Waals surface area (Å²) in [5.41, 5.74) is 4.84. The Bertz CT molecular complexity index is 1010. The Balaban J connectivity index is 1.80. The number of hydrogen-bond acceptors (Lipinski definition) is 5. The number of methoxy groups -OCH3 is 2. The first-order chi connectivity index (χ1) is 13.3. The van der Waals surface area contributed by atoms with Crippen molar-refractivity contribution in [3.63, 3.8) is 0 Å². The van der Waals surface area contributed by atoms with E-state index in [1.165, 1.54) is 0 Å². The fourth-order valence-electron chi connectivity index (χ4n) is 3.22. The molecule has 0 bridgehead atoms. The summed E-state index contributed by atoms with van der Waals surface area (Å²) in [6.45, 7) is 4.31. The van der Waals surface area contributed by atoms with E-state index in [1.54, 1.807) is 38.3 Å². The van der Waals surface area contributed by atoms with Crippen LogP contribution in [0.15, 0.2) is 24.3 Å². The lowest BCUT2D eigenvalue weighted by atomic mass is 10.1. The molecule has 0 unspecified atom stereocenters. The van der Waals surface area contributed by atoms with Crippen LogP contribution in [-0.2, 0) is 13.6 Å². The minimum absolute atomic E-state index is 0.157. The lowest BCUT2D eigenvalue weighted by Gasteiger charge is -2.18. The van der Waals surface area contributed by atoms with Gasteiger partial charge in [0.05, 0.1) is 25.6 Å². The predicted octanol–water partition coefficient (Wildman–Crippen LogP) is 2.72. The molecule has 0 spiro atoms. The SMILES string of the molecule is COc1ccc(CN(C)C(=O)c2cc(-c3c(C)nn(C)c3C)n[nH]2)c(OC)c1. The van der Waals surface area contributed by atoms with E-state index in [1.807, 2.05) is 37.7 Å². The molecule has 0 aliphatic rings. The van der Waals surface area contributed by atoms with E-state index in [9.17, 15) is 4.79 Å². The Kier molecular flexibility index (Phi) is 5.39. The van der Waals surface area contributed by atoms with Crippen molar-refractivity contribution in [3.8, 4) is 22.8 Å². The maximum absolute atomic E-state index is 12.9. The van der Waals surface area contributed by atoms with Crippen LogP contribution in [0.3, 0.4) is 0 Å². The van der Waals surface area contributed by atoms with Crippen molar-refractivity contribution in [1.29, 1.82) is 0 Å². The fourth-order valence-corrected chi connectivity index (χ4v) is 3.22. The van der Waals surface area contributed by atoms with Gasteiger partial charge in [-0.3, -0.25) is 14.6 Å². The molecule has 1 N–H and O–H groups in total. The number of nitrogens with one attached hydrogen (secondary N) is 1. The average molecular weight is 383 g/mol. The minimum Gasteiger partial charge on any atom is -0.497 e. The first-order valence-electron chi connectivity index (χ1n) is 8.88. The molecule has 0 aliphatic heterocycles. The minimum atomic E-state index is -0.157. The average Bonchev–Trinajstić information content (AvgIpc) is 3.25. The quantitative estimate of drug-likeness (QED) is 0.707. The third-order valence-electron chi connectivity index (χ3n) is 4.82. The van der Waals surface area contributed by atoms with Crippen LogP contribution in [0.4, 0.5) is 0 Å². The molecule has 0 radical (unpaired) electrons. The zero-order valence-electron chi connectivity index (χ0n) is 17.0. The molecule has 0 saturated carbocycles. The molecule has 0 atom stereocenters. The predicted molar refractivity (Wildman–Crippen MR) is 106 cm³/mol. The highest BCUT2D eigenvalue weighted by atomic mass is 16.5. The highest BCUT2D eigenvalue weighted by Crippen LogP contribution is 2.27. The van der Waals surface area contributed by atoms with E-state index in [4.69, 9.17) is 9.47 Å². The van der Waals surface area contributed by atoms with Crippen LogP contribution in [0.5, 0.6) is 11.5 Å². The molecular weight excluding hydrogens is 358 g/mol. The molecule has 8 nitrogen and oxygen atoms in total.